The molecule has 7 heteroatoms. The number of amides is 2. The summed E-state index contributed by atoms with van der Waals surface area (Å²) in [5.41, 5.74) is 1.64. The standard InChI is InChI=1S/C21H20FN3O2S/c1-2-24-13-15(11-19(24)26)20(27)25(12-14-7-9-16(22)10-8-14)21-23-17-5-3-4-6-18(17)28-21/h3-10,15H,2,11-13H2,1H3. The summed E-state index contributed by atoms with van der Waals surface area (Å²) in [6.45, 7) is 3.23. The van der Waals surface area contributed by atoms with Crippen LogP contribution in [0.5, 0.6) is 0 Å². The second-order valence-corrected chi connectivity index (χ2v) is 7.86. The van der Waals surface area contributed by atoms with Gasteiger partial charge in [-0.1, -0.05) is 35.6 Å². The molecule has 28 heavy (non-hydrogen) atoms. The Hall–Kier alpha value is -2.80. The number of anilines is 1. The Bertz CT molecular complexity index is 985. The number of carbonyl (C=O) groups excluding carboxylic acids is 2. The summed E-state index contributed by atoms with van der Waals surface area (Å²) >= 11 is 1.44. The number of likely N-dealkylation sites (tertiary alicyclic amines) is 1. The molecule has 1 aromatic heterocycles. The van der Waals surface area contributed by atoms with Gasteiger partial charge >= 0.3 is 0 Å². The fourth-order valence-electron chi connectivity index (χ4n) is 3.45. The first-order valence-electron chi connectivity index (χ1n) is 9.24. The zero-order chi connectivity index (χ0) is 19.7. The molecule has 0 saturated carbocycles. The maximum Gasteiger partial charge on any atom is 0.234 e. The number of hydrogen-bond donors (Lipinski definition) is 0. The topological polar surface area (TPSA) is 53.5 Å². The molecule has 2 amide bonds. The van der Waals surface area contributed by atoms with E-state index >= 15 is 0 Å². The lowest BCUT2D eigenvalue weighted by molar-refractivity contribution is -0.128. The van der Waals surface area contributed by atoms with Crippen LogP contribution < -0.4 is 4.90 Å². The van der Waals surface area contributed by atoms with Gasteiger partial charge in [-0.2, -0.15) is 0 Å². The third-order valence-corrected chi connectivity index (χ3v) is 6.04. The summed E-state index contributed by atoms with van der Waals surface area (Å²) in [5, 5.41) is 0.595. The quantitative estimate of drug-likeness (QED) is 0.657. The molecule has 1 saturated heterocycles. The lowest BCUT2D eigenvalue weighted by atomic mass is 10.1. The van der Waals surface area contributed by atoms with Gasteiger partial charge in [0.05, 0.1) is 22.7 Å². The van der Waals surface area contributed by atoms with Crippen LogP contribution in [0.1, 0.15) is 18.9 Å². The molecule has 0 bridgehead atoms. The summed E-state index contributed by atoms with van der Waals surface area (Å²) in [7, 11) is 0. The number of rotatable bonds is 5. The lowest BCUT2D eigenvalue weighted by Crippen LogP contribution is -2.37. The molecule has 1 aliphatic rings. The number of halogens is 1. The molecule has 0 radical (unpaired) electrons. The number of aromatic nitrogens is 1. The van der Waals surface area contributed by atoms with E-state index in [4.69, 9.17) is 0 Å². The highest BCUT2D eigenvalue weighted by atomic mass is 32.1. The number of hydrogen-bond acceptors (Lipinski definition) is 4. The minimum atomic E-state index is -0.389. The van der Waals surface area contributed by atoms with Gasteiger partial charge in [-0.3, -0.25) is 14.5 Å². The first-order chi connectivity index (χ1) is 13.5. The molecule has 0 aliphatic carbocycles. The van der Waals surface area contributed by atoms with Gasteiger partial charge in [0.25, 0.3) is 0 Å². The van der Waals surface area contributed by atoms with Gasteiger partial charge in [0.15, 0.2) is 5.13 Å². The summed E-state index contributed by atoms with van der Waals surface area (Å²) in [6, 6.07) is 13.8. The first-order valence-corrected chi connectivity index (χ1v) is 10.1. The Morgan fingerprint density at radius 1 is 1.25 bits per heavy atom. The second-order valence-electron chi connectivity index (χ2n) is 6.85. The number of nitrogens with zero attached hydrogens (tertiary/aromatic N) is 3. The van der Waals surface area contributed by atoms with Crippen molar-refractivity contribution in [2.45, 2.75) is 19.9 Å². The van der Waals surface area contributed by atoms with Crippen LogP contribution in [0.3, 0.4) is 0 Å². The van der Waals surface area contributed by atoms with E-state index in [1.54, 1.807) is 21.9 Å². The van der Waals surface area contributed by atoms with Crippen molar-refractivity contribution in [3.8, 4) is 0 Å². The molecule has 1 aliphatic heterocycles. The van der Waals surface area contributed by atoms with Gasteiger partial charge in [0.2, 0.25) is 11.8 Å². The molecular weight excluding hydrogens is 377 g/mol. The number of para-hydroxylation sites is 1. The van der Waals surface area contributed by atoms with E-state index in [1.807, 2.05) is 31.2 Å². The molecule has 5 nitrogen and oxygen atoms in total. The van der Waals surface area contributed by atoms with E-state index in [-0.39, 0.29) is 36.5 Å². The second kappa shape index (κ2) is 7.67. The third kappa shape index (κ3) is 3.62. The number of carbonyl (C=O) groups is 2. The van der Waals surface area contributed by atoms with Crippen LogP contribution in [-0.2, 0) is 16.1 Å². The molecule has 3 aromatic rings. The van der Waals surface area contributed by atoms with Gasteiger partial charge in [0.1, 0.15) is 5.82 Å². The van der Waals surface area contributed by atoms with Gasteiger partial charge in [-0.25, -0.2) is 9.37 Å². The summed E-state index contributed by atoms with van der Waals surface area (Å²) in [6.07, 6.45) is 0.220. The van der Waals surface area contributed by atoms with Crippen molar-refractivity contribution in [1.82, 2.24) is 9.88 Å². The normalized spacial score (nSPS) is 16.7. The van der Waals surface area contributed by atoms with Gasteiger partial charge in [-0.05, 0) is 36.8 Å². The average molecular weight is 397 g/mol. The third-order valence-electron chi connectivity index (χ3n) is 4.98. The molecule has 4 rings (SSSR count). The van der Waals surface area contributed by atoms with Crippen molar-refractivity contribution in [3.05, 3.63) is 59.9 Å². The lowest BCUT2D eigenvalue weighted by Gasteiger charge is -2.23. The number of thiazole rings is 1. The molecule has 1 fully saturated rings. The van der Waals surface area contributed by atoms with E-state index in [0.29, 0.717) is 18.2 Å². The summed E-state index contributed by atoms with van der Waals surface area (Å²) in [5.74, 6) is -0.818. The van der Waals surface area contributed by atoms with Crippen molar-refractivity contribution in [2.75, 3.05) is 18.0 Å². The maximum absolute atomic E-state index is 13.3. The van der Waals surface area contributed by atoms with Crippen LogP contribution in [0.2, 0.25) is 0 Å². The summed E-state index contributed by atoms with van der Waals surface area (Å²) < 4.78 is 14.3. The molecule has 1 atom stereocenters. The Morgan fingerprint density at radius 2 is 2.00 bits per heavy atom. The van der Waals surface area contributed by atoms with E-state index in [9.17, 15) is 14.0 Å². The monoisotopic (exact) mass is 397 g/mol. The molecule has 2 heterocycles. The minimum Gasteiger partial charge on any atom is -0.342 e. The van der Waals surface area contributed by atoms with E-state index in [1.165, 1.54) is 23.5 Å². The van der Waals surface area contributed by atoms with Crippen LogP contribution in [-0.4, -0.2) is 34.8 Å². The number of fused-ring (bicyclic) bond motifs is 1. The highest BCUT2D eigenvalue weighted by molar-refractivity contribution is 7.22. The van der Waals surface area contributed by atoms with Gasteiger partial charge in [0, 0.05) is 19.5 Å². The van der Waals surface area contributed by atoms with Crippen molar-refractivity contribution in [1.29, 1.82) is 0 Å². The Kier molecular flexibility index (Phi) is 5.09. The highest BCUT2D eigenvalue weighted by Crippen LogP contribution is 2.32. The molecular formula is C21H20FN3O2S. The van der Waals surface area contributed by atoms with Gasteiger partial charge in [-0.15, -0.1) is 0 Å². The van der Waals surface area contributed by atoms with Crippen LogP contribution in [0.4, 0.5) is 9.52 Å². The fourth-order valence-corrected chi connectivity index (χ4v) is 4.42. The maximum atomic E-state index is 13.3. The summed E-state index contributed by atoms with van der Waals surface area (Å²) in [4.78, 5) is 33.4. The predicted octanol–water partition coefficient (Wildman–Crippen LogP) is 3.84. The van der Waals surface area contributed by atoms with Crippen LogP contribution in [0.15, 0.2) is 48.5 Å². The molecule has 1 unspecified atom stereocenters. The van der Waals surface area contributed by atoms with E-state index < -0.39 is 0 Å². The largest absolute Gasteiger partial charge is 0.342 e. The first kappa shape index (κ1) is 18.6. The molecule has 0 N–H and O–H groups in total. The van der Waals surface area contributed by atoms with Crippen molar-refractivity contribution in [3.63, 3.8) is 0 Å². The number of benzene rings is 2. The zero-order valence-corrected chi connectivity index (χ0v) is 16.3. The van der Waals surface area contributed by atoms with Crippen molar-refractivity contribution < 1.29 is 14.0 Å². The Balaban J connectivity index is 1.67. The molecule has 144 valence electrons. The average Bonchev–Trinajstić information content (AvgIpc) is 3.30. The fraction of sp³-hybridized carbons (Fsp3) is 0.286. The van der Waals surface area contributed by atoms with Gasteiger partial charge < -0.3 is 4.90 Å². The van der Waals surface area contributed by atoms with E-state index in [2.05, 4.69) is 4.98 Å². The minimum absolute atomic E-state index is 0.00637. The van der Waals surface area contributed by atoms with Crippen molar-refractivity contribution in [2.24, 2.45) is 5.92 Å². The molecule has 2 aromatic carbocycles. The van der Waals surface area contributed by atoms with Crippen molar-refractivity contribution >= 4 is 38.5 Å². The Morgan fingerprint density at radius 3 is 2.68 bits per heavy atom. The van der Waals surface area contributed by atoms with E-state index in [0.717, 1.165) is 15.8 Å². The van der Waals surface area contributed by atoms with Crippen LogP contribution in [0.25, 0.3) is 10.2 Å². The van der Waals surface area contributed by atoms with Crippen LogP contribution >= 0.6 is 11.3 Å². The predicted molar refractivity (Wildman–Crippen MR) is 108 cm³/mol. The Labute approximate surface area is 166 Å². The smallest absolute Gasteiger partial charge is 0.234 e. The molecule has 0 spiro atoms. The van der Waals surface area contributed by atoms with Crippen LogP contribution in [0, 0.1) is 11.7 Å². The zero-order valence-electron chi connectivity index (χ0n) is 15.5. The SMILES string of the molecule is CCN1CC(C(=O)N(Cc2ccc(F)cc2)c2nc3ccccc3s2)CC1=O. The highest BCUT2D eigenvalue weighted by Gasteiger charge is 2.37.